The van der Waals surface area contributed by atoms with Crippen LogP contribution in [0, 0.1) is 5.92 Å². The molecule has 0 aliphatic rings. The maximum absolute atomic E-state index is 10.7. The highest BCUT2D eigenvalue weighted by atomic mass is 16.5. The van der Waals surface area contributed by atoms with Gasteiger partial charge in [-0.1, -0.05) is 6.92 Å². The predicted molar refractivity (Wildman–Crippen MR) is 74.6 cm³/mol. The zero-order valence-electron chi connectivity index (χ0n) is 12.1. The van der Waals surface area contributed by atoms with Crippen LogP contribution in [0.5, 0.6) is 17.2 Å². The topological polar surface area (TPSA) is 48.0 Å². The fourth-order valence-corrected chi connectivity index (χ4v) is 1.87. The molecule has 0 heterocycles. The molecule has 5 heteroatoms. The quantitative estimate of drug-likeness (QED) is 0.707. The third-order valence-corrected chi connectivity index (χ3v) is 2.88. The Labute approximate surface area is 114 Å². The highest BCUT2D eigenvalue weighted by Gasteiger charge is 2.15. The molecule has 0 radical (unpaired) electrons. The molecule has 0 amide bonds. The summed E-state index contributed by atoms with van der Waals surface area (Å²) in [6.07, 6.45) is 0.939. The number of carbonyl (C=O) groups is 1. The summed E-state index contributed by atoms with van der Waals surface area (Å²) in [5.41, 5.74) is 0.906. The number of benzene rings is 1. The van der Waals surface area contributed by atoms with Crippen molar-refractivity contribution in [2.24, 2.45) is 5.92 Å². The van der Waals surface area contributed by atoms with Crippen LogP contribution in [0.1, 0.15) is 6.92 Å². The highest BCUT2D eigenvalue weighted by Crippen LogP contribution is 2.40. The number of anilines is 1. The Morgan fingerprint density at radius 1 is 1.16 bits per heavy atom. The smallest absolute Gasteiger partial charge is 0.203 e. The SMILES string of the molecule is COc1cc(N(C)C[C@@H](C)C=O)cc(OC)c1OC. The number of hydrogen-bond donors (Lipinski definition) is 0. The number of ether oxygens (including phenoxy) is 3. The largest absolute Gasteiger partial charge is 0.493 e. The molecular formula is C14H21NO4. The summed E-state index contributed by atoms with van der Waals surface area (Å²) in [6.45, 7) is 2.50. The molecule has 0 saturated carbocycles. The van der Waals surface area contributed by atoms with Crippen molar-refractivity contribution < 1.29 is 19.0 Å². The van der Waals surface area contributed by atoms with Crippen LogP contribution in [0.25, 0.3) is 0 Å². The normalized spacial score (nSPS) is 11.6. The van der Waals surface area contributed by atoms with Crippen molar-refractivity contribution in [2.45, 2.75) is 6.92 Å². The Morgan fingerprint density at radius 3 is 2.05 bits per heavy atom. The maximum atomic E-state index is 10.7. The van der Waals surface area contributed by atoms with E-state index in [0.29, 0.717) is 23.8 Å². The van der Waals surface area contributed by atoms with Gasteiger partial charge in [-0.05, 0) is 0 Å². The van der Waals surface area contributed by atoms with E-state index < -0.39 is 0 Å². The van der Waals surface area contributed by atoms with E-state index in [-0.39, 0.29) is 5.92 Å². The number of rotatable bonds is 7. The zero-order valence-corrected chi connectivity index (χ0v) is 12.1. The standard InChI is InChI=1S/C14H21NO4/c1-10(9-16)8-15(2)11-6-12(17-3)14(19-5)13(7-11)18-4/h6-7,9-10H,8H2,1-5H3/t10-/m1/s1. The third kappa shape index (κ3) is 3.53. The van der Waals surface area contributed by atoms with E-state index in [9.17, 15) is 4.79 Å². The van der Waals surface area contributed by atoms with Gasteiger partial charge >= 0.3 is 0 Å². The van der Waals surface area contributed by atoms with Gasteiger partial charge in [0.1, 0.15) is 6.29 Å². The Bertz CT molecular complexity index is 408. The van der Waals surface area contributed by atoms with E-state index in [1.165, 1.54) is 0 Å². The minimum atomic E-state index is -0.0379. The van der Waals surface area contributed by atoms with Crippen molar-refractivity contribution in [3.8, 4) is 17.2 Å². The summed E-state index contributed by atoms with van der Waals surface area (Å²) < 4.78 is 15.9. The van der Waals surface area contributed by atoms with Crippen LogP contribution in [-0.4, -0.2) is 41.2 Å². The molecule has 1 atom stereocenters. The van der Waals surface area contributed by atoms with Gasteiger partial charge in [0.25, 0.3) is 0 Å². The Hall–Kier alpha value is -1.91. The molecule has 106 valence electrons. The first kappa shape index (κ1) is 15.1. The van der Waals surface area contributed by atoms with E-state index in [1.807, 2.05) is 31.0 Å². The number of methoxy groups -OCH3 is 3. The van der Waals surface area contributed by atoms with E-state index in [0.717, 1.165) is 12.0 Å². The molecule has 0 spiro atoms. The van der Waals surface area contributed by atoms with Gasteiger partial charge in [-0.3, -0.25) is 0 Å². The molecular weight excluding hydrogens is 246 g/mol. The van der Waals surface area contributed by atoms with Gasteiger partial charge in [0.2, 0.25) is 5.75 Å². The molecule has 0 aliphatic heterocycles. The first-order chi connectivity index (χ1) is 9.07. The molecule has 0 aromatic heterocycles. The zero-order chi connectivity index (χ0) is 14.4. The van der Waals surface area contributed by atoms with Crippen molar-refractivity contribution in [3.63, 3.8) is 0 Å². The van der Waals surface area contributed by atoms with Crippen molar-refractivity contribution in [2.75, 3.05) is 39.8 Å². The van der Waals surface area contributed by atoms with Crippen molar-refractivity contribution >= 4 is 12.0 Å². The molecule has 0 aliphatic carbocycles. The second-order valence-electron chi connectivity index (χ2n) is 4.38. The number of nitrogens with zero attached hydrogens (tertiary/aromatic N) is 1. The van der Waals surface area contributed by atoms with Gasteiger partial charge in [0.15, 0.2) is 11.5 Å². The Morgan fingerprint density at radius 2 is 1.68 bits per heavy atom. The van der Waals surface area contributed by atoms with Crippen LogP contribution in [0.3, 0.4) is 0 Å². The number of aldehydes is 1. The molecule has 0 bridgehead atoms. The molecule has 0 saturated heterocycles. The van der Waals surface area contributed by atoms with Crippen LogP contribution >= 0.6 is 0 Å². The van der Waals surface area contributed by atoms with Gasteiger partial charge in [-0.15, -0.1) is 0 Å². The minimum absolute atomic E-state index is 0.0379. The fourth-order valence-electron chi connectivity index (χ4n) is 1.87. The Kier molecular flexibility index (Phi) is 5.48. The summed E-state index contributed by atoms with van der Waals surface area (Å²) >= 11 is 0. The average Bonchev–Trinajstić information content (AvgIpc) is 2.44. The van der Waals surface area contributed by atoms with E-state index in [2.05, 4.69) is 0 Å². The van der Waals surface area contributed by atoms with Crippen LogP contribution in [0.15, 0.2) is 12.1 Å². The van der Waals surface area contributed by atoms with Gasteiger partial charge in [0.05, 0.1) is 21.3 Å². The summed E-state index contributed by atoms with van der Waals surface area (Å²) in [5.74, 6) is 1.72. The molecule has 5 nitrogen and oxygen atoms in total. The van der Waals surface area contributed by atoms with Crippen LogP contribution in [-0.2, 0) is 4.79 Å². The monoisotopic (exact) mass is 267 g/mol. The second-order valence-corrected chi connectivity index (χ2v) is 4.38. The molecule has 1 aromatic carbocycles. The second kappa shape index (κ2) is 6.87. The lowest BCUT2D eigenvalue weighted by Crippen LogP contribution is -2.24. The predicted octanol–water partition coefficient (Wildman–Crippen LogP) is 1.98. The lowest BCUT2D eigenvalue weighted by molar-refractivity contribution is -0.110. The fraction of sp³-hybridized carbons (Fsp3) is 0.500. The summed E-state index contributed by atoms with van der Waals surface area (Å²) in [5, 5.41) is 0. The molecule has 0 unspecified atom stereocenters. The van der Waals surface area contributed by atoms with E-state index in [4.69, 9.17) is 14.2 Å². The minimum Gasteiger partial charge on any atom is -0.493 e. The Balaban J connectivity index is 3.11. The number of hydrogen-bond acceptors (Lipinski definition) is 5. The lowest BCUT2D eigenvalue weighted by atomic mass is 10.1. The molecule has 19 heavy (non-hydrogen) atoms. The van der Waals surface area contributed by atoms with Gasteiger partial charge in [0, 0.05) is 37.3 Å². The molecule has 1 aromatic rings. The average molecular weight is 267 g/mol. The van der Waals surface area contributed by atoms with Crippen LogP contribution < -0.4 is 19.1 Å². The van der Waals surface area contributed by atoms with Crippen molar-refractivity contribution in [3.05, 3.63) is 12.1 Å². The number of carbonyl (C=O) groups excluding carboxylic acids is 1. The first-order valence-electron chi connectivity index (χ1n) is 6.03. The van der Waals surface area contributed by atoms with E-state index >= 15 is 0 Å². The van der Waals surface area contributed by atoms with Gasteiger partial charge < -0.3 is 23.9 Å². The van der Waals surface area contributed by atoms with Crippen molar-refractivity contribution in [1.29, 1.82) is 0 Å². The van der Waals surface area contributed by atoms with Crippen LogP contribution in [0.2, 0.25) is 0 Å². The van der Waals surface area contributed by atoms with Crippen LogP contribution in [0.4, 0.5) is 5.69 Å². The summed E-state index contributed by atoms with van der Waals surface area (Å²) in [7, 11) is 6.64. The van der Waals surface area contributed by atoms with Crippen molar-refractivity contribution in [1.82, 2.24) is 0 Å². The third-order valence-electron chi connectivity index (χ3n) is 2.88. The maximum Gasteiger partial charge on any atom is 0.203 e. The summed E-state index contributed by atoms with van der Waals surface area (Å²) in [6, 6.07) is 3.72. The molecule has 0 N–H and O–H groups in total. The van der Waals surface area contributed by atoms with Gasteiger partial charge in [-0.25, -0.2) is 0 Å². The van der Waals surface area contributed by atoms with E-state index in [1.54, 1.807) is 21.3 Å². The first-order valence-corrected chi connectivity index (χ1v) is 6.03. The molecule has 0 fully saturated rings. The van der Waals surface area contributed by atoms with Gasteiger partial charge in [-0.2, -0.15) is 0 Å². The highest BCUT2D eigenvalue weighted by molar-refractivity contribution is 5.64. The lowest BCUT2D eigenvalue weighted by Gasteiger charge is -2.23. The summed E-state index contributed by atoms with van der Waals surface area (Å²) in [4.78, 5) is 12.7. The molecule has 1 rings (SSSR count).